The second-order valence-electron chi connectivity index (χ2n) is 15.6. The molecule has 6 heterocycles. The third-order valence-electron chi connectivity index (χ3n) is 12.4. The van der Waals surface area contributed by atoms with Gasteiger partial charge in [-0.1, -0.05) is 97.1 Å². The van der Waals surface area contributed by atoms with Gasteiger partial charge < -0.3 is 0 Å². The topological polar surface area (TPSA) is 54.3 Å². The van der Waals surface area contributed by atoms with E-state index < -0.39 is 0 Å². The molecule has 0 spiro atoms. The van der Waals surface area contributed by atoms with Gasteiger partial charge >= 0.3 is 0 Å². The van der Waals surface area contributed by atoms with Crippen molar-refractivity contribution in [3.05, 3.63) is 194 Å². The zero-order chi connectivity index (χ0) is 39.1. The number of benzene rings is 8. The van der Waals surface area contributed by atoms with E-state index in [0.29, 0.717) is 0 Å². The monoisotopic (exact) mass is 768 g/mol. The fraction of sp³-hybridized carbons (Fsp3) is 0. The lowest BCUT2D eigenvalue weighted by Gasteiger charge is -2.13. The van der Waals surface area contributed by atoms with E-state index in [9.17, 15) is 0 Å². The molecule has 0 aliphatic carbocycles. The fourth-order valence-electron chi connectivity index (χ4n) is 9.96. The van der Waals surface area contributed by atoms with E-state index >= 15 is 0 Å². The molecule has 8 nitrogen and oxygen atoms in total. The van der Waals surface area contributed by atoms with Crippen LogP contribution < -0.4 is 0 Å². The molecule has 0 saturated heterocycles. The van der Waals surface area contributed by atoms with E-state index in [-0.39, 0.29) is 0 Å². The average molecular weight is 769 g/mol. The van der Waals surface area contributed by atoms with Gasteiger partial charge in [0.25, 0.3) is 0 Å². The van der Waals surface area contributed by atoms with E-state index in [1.807, 2.05) is 6.07 Å². The number of hydrogen-bond donors (Lipinski definition) is 0. The predicted octanol–water partition coefficient (Wildman–Crippen LogP) is 12.2. The van der Waals surface area contributed by atoms with Crippen LogP contribution in [0.2, 0.25) is 0 Å². The summed E-state index contributed by atoms with van der Waals surface area (Å²) in [7, 11) is 0. The molecule has 60 heavy (non-hydrogen) atoms. The third kappa shape index (κ3) is 4.08. The molecule has 0 bridgehead atoms. The van der Waals surface area contributed by atoms with E-state index in [1.165, 1.54) is 21.7 Å². The molecule has 8 heteroatoms. The van der Waals surface area contributed by atoms with E-state index in [0.717, 1.165) is 89.6 Å². The second-order valence-corrected chi connectivity index (χ2v) is 15.6. The first-order valence-electron chi connectivity index (χ1n) is 20.3. The molecule has 14 aromatic rings. The van der Waals surface area contributed by atoms with Crippen molar-refractivity contribution in [2.45, 2.75) is 0 Å². The van der Waals surface area contributed by atoms with Crippen molar-refractivity contribution in [2.24, 2.45) is 0 Å². The molecule has 0 fully saturated rings. The molecule has 0 aliphatic heterocycles. The van der Waals surface area contributed by atoms with Gasteiger partial charge in [0.1, 0.15) is 5.65 Å². The number of hydrogen-bond acceptors (Lipinski definition) is 2. The molecule has 0 aliphatic rings. The smallest absolute Gasteiger partial charge is 0.220 e. The van der Waals surface area contributed by atoms with Gasteiger partial charge in [0, 0.05) is 27.5 Å². The Kier molecular flexibility index (Phi) is 6.14. The first-order chi connectivity index (χ1) is 29.8. The Balaban J connectivity index is 1.02. The number of nitrogens with zero attached hydrogens (tertiary/aromatic N) is 8. The summed E-state index contributed by atoms with van der Waals surface area (Å²) in [5.74, 6) is 1.74. The number of aromatic nitrogens is 8. The minimum atomic E-state index is 0.857. The normalized spacial score (nSPS) is 12.3. The summed E-state index contributed by atoms with van der Waals surface area (Å²) in [6.07, 6.45) is 0. The molecule has 0 saturated carbocycles. The van der Waals surface area contributed by atoms with Crippen LogP contribution in [0.4, 0.5) is 0 Å². The van der Waals surface area contributed by atoms with Crippen LogP contribution in [0, 0.1) is 0 Å². The summed E-state index contributed by atoms with van der Waals surface area (Å²) >= 11 is 0. The van der Waals surface area contributed by atoms with Crippen LogP contribution in [0.25, 0.3) is 111 Å². The molecule has 6 aromatic heterocycles. The molecular formula is C52H32N8. The average Bonchev–Trinajstić information content (AvgIpc) is 4.13. The Hall–Kier alpha value is -8.36. The standard InChI is InChI=1S/C52H32N8/c1-2-15-33(16-3-1)55-41-22-7-4-19-37(41)49-38-20-5-8-23-42(38)56(50(49)55)36-29-30-40-48(32-36)60-47-28-13-11-26-45(47)58(52(60)54-40)35-18-14-17-34(31-35)57-44-25-10-12-27-46(44)59-43-24-9-6-21-39(43)53-51(57)59/h1-32H. The molecule has 0 amide bonds. The maximum Gasteiger partial charge on any atom is 0.220 e. The van der Waals surface area contributed by atoms with Gasteiger partial charge in [-0.3, -0.25) is 27.1 Å². The highest BCUT2D eigenvalue weighted by Gasteiger charge is 2.24. The summed E-state index contributed by atoms with van der Waals surface area (Å²) in [4.78, 5) is 10.5. The maximum atomic E-state index is 5.39. The van der Waals surface area contributed by atoms with Crippen LogP contribution in [-0.4, -0.2) is 37.0 Å². The van der Waals surface area contributed by atoms with Crippen molar-refractivity contribution in [1.29, 1.82) is 0 Å². The SMILES string of the molecule is c1ccc(-n2c3ccccc3c3c4ccccc4n(-c4ccc5nc6n(-c7cccc(-n8c9ccccc9n9c%10ccccc%10nc89)c7)c7ccccc7n6c5c4)c32)cc1. The van der Waals surface area contributed by atoms with Gasteiger partial charge in [-0.05, 0) is 97.1 Å². The molecule has 0 atom stereocenters. The van der Waals surface area contributed by atoms with Crippen molar-refractivity contribution in [2.75, 3.05) is 0 Å². The van der Waals surface area contributed by atoms with E-state index in [4.69, 9.17) is 9.97 Å². The third-order valence-corrected chi connectivity index (χ3v) is 12.4. The largest absolute Gasteiger partial charge is 0.295 e. The lowest BCUT2D eigenvalue weighted by molar-refractivity contribution is 1.07. The van der Waals surface area contributed by atoms with Crippen LogP contribution in [0.1, 0.15) is 0 Å². The minimum absolute atomic E-state index is 0.857. The van der Waals surface area contributed by atoms with Gasteiger partial charge in [0.05, 0.1) is 66.5 Å². The molecule has 280 valence electrons. The Bertz CT molecular complexity index is 4070. The summed E-state index contributed by atoms with van der Waals surface area (Å²) in [5, 5.41) is 3.71. The molecule has 0 N–H and O–H groups in total. The first kappa shape index (κ1) is 31.7. The van der Waals surface area contributed by atoms with Crippen LogP contribution in [-0.2, 0) is 0 Å². The van der Waals surface area contributed by atoms with Crippen molar-refractivity contribution in [3.8, 4) is 22.7 Å². The van der Waals surface area contributed by atoms with Gasteiger partial charge in [-0.25, -0.2) is 9.97 Å². The van der Waals surface area contributed by atoms with Crippen molar-refractivity contribution in [3.63, 3.8) is 0 Å². The van der Waals surface area contributed by atoms with Gasteiger partial charge in [0.2, 0.25) is 11.6 Å². The summed E-state index contributed by atoms with van der Waals surface area (Å²) in [6.45, 7) is 0. The van der Waals surface area contributed by atoms with E-state index in [2.05, 4.69) is 215 Å². The molecule has 8 aromatic carbocycles. The summed E-state index contributed by atoms with van der Waals surface area (Å²) in [5.41, 5.74) is 16.2. The zero-order valence-corrected chi connectivity index (χ0v) is 32.1. The highest BCUT2D eigenvalue weighted by Crippen LogP contribution is 2.41. The Morgan fingerprint density at radius 1 is 0.283 bits per heavy atom. The van der Waals surface area contributed by atoms with Crippen LogP contribution in [0.5, 0.6) is 0 Å². The lowest BCUT2D eigenvalue weighted by atomic mass is 10.1. The predicted molar refractivity (Wildman–Crippen MR) is 244 cm³/mol. The molecule has 0 unspecified atom stereocenters. The van der Waals surface area contributed by atoms with Crippen LogP contribution in [0.3, 0.4) is 0 Å². The Labute approximate surface area is 341 Å². The highest BCUT2D eigenvalue weighted by molar-refractivity contribution is 6.22. The fourth-order valence-corrected chi connectivity index (χ4v) is 9.96. The first-order valence-corrected chi connectivity index (χ1v) is 20.3. The minimum Gasteiger partial charge on any atom is -0.295 e. The van der Waals surface area contributed by atoms with E-state index in [1.54, 1.807) is 0 Å². The number of para-hydroxylation sites is 9. The van der Waals surface area contributed by atoms with Gasteiger partial charge in [-0.15, -0.1) is 0 Å². The summed E-state index contributed by atoms with van der Waals surface area (Å²) in [6, 6.07) is 69.2. The van der Waals surface area contributed by atoms with Crippen molar-refractivity contribution in [1.82, 2.24) is 37.0 Å². The number of imidazole rings is 4. The van der Waals surface area contributed by atoms with Crippen LogP contribution in [0.15, 0.2) is 194 Å². The maximum absolute atomic E-state index is 5.39. The van der Waals surface area contributed by atoms with Crippen molar-refractivity contribution >= 4 is 88.5 Å². The Morgan fingerprint density at radius 3 is 1.37 bits per heavy atom. The zero-order valence-electron chi connectivity index (χ0n) is 32.1. The quantitative estimate of drug-likeness (QED) is 0.179. The van der Waals surface area contributed by atoms with Gasteiger partial charge in [0.15, 0.2) is 0 Å². The molecule has 0 radical (unpaired) electrons. The molecule has 14 rings (SSSR count). The summed E-state index contributed by atoms with van der Waals surface area (Å²) < 4.78 is 14.0. The van der Waals surface area contributed by atoms with Crippen LogP contribution >= 0.6 is 0 Å². The molecular weight excluding hydrogens is 737 g/mol. The Morgan fingerprint density at radius 2 is 0.733 bits per heavy atom. The van der Waals surface area contributed by atoms with Crippen molar-refractivity contribution < 1.29 is 0 Å². The number of rotatable bonds is 4. The second kappa shape index (κ2) is 11.6. The highest BCUT2D eigenvalue weighted by atomic mass is 15.2. The number of fused-ring (bicyclic) bond motifs is 15. The lowest BCUT2D eigenvalue weighted by Crippen LogP contribution is -2.01. The van der Waals surface area contributed by atoms with Gasteiger partial charge in [-0.2, -0.15) is 0 Å².